The molecule has 0 aliphatic rings. The molecule has 0 saturated carbocycles. The number of carbonyl (C=O) groups excluding carboxylic acids is 1. The number of thiazole rings is 2. The molecule has 19 heavy (non-hydrogen) atoms. The fraction of sp³-hybridized carbons (Fsp3) is 0.417. The molecule has 1 N–H and O–H groups in total. The van der Waals surface area contributed by atoms with E-state index < -0.39 is 0 Å². The van der Waals surface area contributed by atoms with Crippen LogP contribution in [0.1, 0.15) is 18.3 Å². The third-order valence-corrected chi connectivity index (χ3v) is 3.81. The molecule has 0 aliphatic carbocycles. The summed E-state index contributed by atoms with van der Waals surface area (Å²) in [5.74, 6) is -0.234. The summed E-state index contributed by atoms with van der Waals surface area (Å²) in [6.45, 7) is 2.99. The number of hydrogen-bond acceptors (Lipinski definition) is 7. The fourth-order valence-corrected chi connectivity index (χ4v) is 2.82. The highest BCUT2D eigenvalue weighted by molar-refractivity contribution is 7.13. The Labute approximate surface area is 119 Å². The lowest BCUT2D eigenvalue weighted by Gasteiger charge is -2.00. The second kappa shape index (κ2) is 7.20. The fourth-order valence-electron chi connectivity index (χ4n) is 1.49. The molecule has 102 valence electrons. The third-order valence-electron chi connectivity index (χ3n) is 2.32. The Bertz CT molecular complexity index is 511. The van der Waals surface area contributed by atoms with Gasteiger partial charge in [-0.2, -0.15) is 0 Å². The first-order valence-electron chi connectivity index (χ1n) is 5.99. The van der Waals surface area contributed by atoms with E-state index in [-0.39, 0.29) is 12.4 Å². The van der Waals surface area contributed by atoms with E-state index in [9.17, 15) is 4.79 Å². The number of anilines is 1. The van der Waals surface area contributed by atoms with Gasteiger partial charge in [0.1, 0.15) is 0 Å². The first kappa shape index (κ1) is 14.0. The van der Waals surface area contributed by atoms with Gasteiger partial charge < -0.3 is 10.1 Å². The Balaban J connectivity index is 1.75. The van der Waals surface area contributed by atoms with Crippen molar-refractivity contribution in [2.75, 3.05) is 18.5 Å². The molecule has 0 fully saturated rings. The van der Waals surface area contributed by atoms with Gasteiger partial charge in [0.05, 0.1) is 29.9 Å². The van der Waals surface area contributed by atoms with Crippen molar-refractivity contribution in [2.24, 2.45) is 0 Å². The predicted molar refractivity (Wildman–Crippen MR) is 76.8 cm³/mol. The van der Waals surface area contributed by atoms with Crippen LogP contribution in [0.25, 0.3) is 0 Å². The lowest BCUT2D eigenvalue weighted by atomic mass is 10.3. The smallest absolute Gasteiger partial charge is 0.311 e. The van der Waals surface area contributed by atoms with Gasteiger partial charge >= 0.3 is 5.97 Å². The molecule has 0 saturated heterocycles. The van der Waals surface area contributed by atoms with E-state index >= 15 is 0 Å². The second-order valence-electron chi connectivity index (χ2n) is 3.78. The Morgan fingerprint density at radius 3 is 3.05 bits per heavy atom. The van der Waals surface area contributed by atoms with Crippen molar-refractivity contribution in [1.29, 1.82) is 0 Å². The minimum atomic E-state index is -0.234. The number of nitrogens with one attached hydrogen (secondary N) is 1. The van der Waals surface area contributed by atoms with Crippen LogP contribution in [-0.4, -0.2) is 29.1 Å². The molecule has 0 spiro atoms. The molecule has 0 radical (unpaired) electrons. The van der Waals surface area contributed by atoms with Gasteiger partial charge in [0.2, 0.25) is 0 Å². The van der Waals surface area contributed by atoms with Gasteiger partial charge in [-0.1, -0.05) is 0 Å². The average Bonchev–Trinajstić information content (AvgIpc) is 3.01. The molecule has 0 amide bonds. The van der Waals surface area contributed by atoms with Crippen LogP contribution < -0.4 is 5.32 Å². The maximum absolute atomic E-state index is 11.3. The number of ether oxygens (including phenoxy) is 1. The zero-order valence-electron chi connectivity index (χ0n) is 10.6. The molecule has 2 rings (SSSR count). The van der Waals surface area contributed by atoms with Crippen molar-refractivity contribution in [3.63, 3.8) is 0 Å². The number of hydrogen-bond donors (Lipinski definition) is 1. The molecule has 5 nitrogen and oxygen atoms in total. The molecule has 2 aromatic heterocycles. The Morgan fingerprint density at radius 1 is 1.42 bits per heavy atom. The van der Waals surface area contributed by atoms with Crippen LogP contribution in [0.4, 0.5) is 5.13 Å². The highest BCUT2D eigenvalue weighted by Gasteiger charge is 2.08. The van der Waals surface area contributed by atoms with Crippen LogP contribution in [0.15, 0.2) is 16.3 Å². The van der Waals surface area contributed by atoms with E-state index in [1.807, 2.05) is 16.3 Å². The highest BCUT2D eigenvalue weighted by atomic mass is 32.1. The van der Waals surface area contributed by atoms with Crippen LogP contribution in [0.2, 0.25) is 0 Å². The Kier molecular flexibility index (Phi) is 5.29. The van der Waals surface area contributed by atoms with E-state index in [1.54, 1.807) is 18.3 Å². The van der Waals surface area contributed by atoms with Crippen molar-refractivity contribution in [3.8, 4) is 0 Å². The Morgan fingerprint density at radius 2 is 2.32 bits per heavy atom. The summed E-state index contributed by atoms with van der Waals surface area (Å²) in [5.41, 5.74) is 3.66. The number of rotatable bonds is 7. The first-order valence-corrected chi connectivity index (χ1v) is 7.81. The predicted octanol–water partition coefficient (Wildman–Crippen LogP) is 2.36. The molecule has 0 aliphatic heterocycles. The monoisotopic (exact) mass is 297 g/mol. The summed E-state index contributed by atoms with van der Waals surface area (Å²) < 4.78 is 4.88. The van der Waals surface area contributed by atoms with Crippen molar-refractivity contribution < 1.29 is 9.53 Å². The third kappa shape index (κ3) is 4.60. The van der Waals surface area contributed by atoms with E-state index in [4.69, 9.17) is 4.74 Å². The van der Waals surface area contributed by atoms with Gasteiger partial charge in [0, 0.05) is 23.7 Å². The summed E-state index contributed by atoms with van der Waals surface area (Å²) >= 11 is 3.10. The SMILES string of the molecule is CCOC(=O)Cc1csc(NCCc2cscn2)n1. The van der Waals surface area contributed by atoms with Crippen molar-refractivity contribution >= 4 is 33.8 Å². The van der Waals surface area contributed by atoms with Crippen LogP contribution in [0.5, 0.6) is 0 Å². The number of esters is 1. The average molecular weight is 297 g/mol. The van der Waals surface area contributed by atoms with E-state index in [0.717, 1.165) is 29.5 Å². The summed E-state index contributed by atoms with van der Waals surface area (Å²) in [4.78, 5) is 19.9. The molecule has 2 aromatic rings. The van der Waals surface area contributed by atoms with Gasteiger partial charge in [-0.25, -0.2) is 9.97 Å². The van der Waals surface area contributed by atoms with Crippen molar-refractivity contribution in [2.45, 2.75) is 19.8 Å². The quantitative estimate of drug-likeness (QED) is 0.795. The van der Waals surface area contributed by atoms with E-state index in [0.29, 0.717) is 6.61 Å². The topological polar surface area (TPSA) is 64.1 Å². The zero-order chi connectivity index (χ0) is 13.5. The van der Waals surface area contributed by atoms with Crippen LogP contribution in [0.3, 0.4) is 0 Å². The van der Waals surface area contributed by atoms with E-state index in [1.165, 1.54) is 11.3 Å². The number of carbonyl (C=O) groups is 1. The number of nitrogens with zero attached hydrogens (tertiary/aromatic N) is 2. The Hall–Kier alpha value is -1.47. The number of aromatic nitrogens is 2. The van der Waals surface area contributed by atoms with Gasteiger partial charge in [0.15, 0.2) is 5.13 Å². The maximum Gasteiger partial charge on any atom is 0.311 e. The molecule has 0 bridgehead atoms. The molecular weight excluding hydrogens is 282 g/mol. The minimum Gasteiger partial charge on any atom is -0.466 e. The highest BCUT2D eigenvalue weighted by Crippen LogP contribution is 2.16. The summed E-state index contributed by atoms with van der Waals surface area (Å²) in [7, 11) is 0. The molecule has 0 atom stereocenters. The molecular formula is C12H15N3O2S2. The molecule has 0 unspecified atom stereocenters. The van der Waals surface area contributed by atoms with Crippen LogP contribution in [0, 0.1) is 0 Å². The maximum atomic E-state index is 11.3. The zero-order valence-corrected chi connectivity index (χ0v) is 12.2. The molecule has 0 aromatic carbocycles. The lowest BCUT2D eigenvalue weighted by molar-refractivity contribution is -0.142. The summed E-state index contributed by atoms with van der Waals surface area (Å²) in [5, 5.41) is 7.97. The van der Waals surface area contributed by atoms with Gasteiger partial charge in [-0.05, 0) is 6.92 Å². The van der Waals surface area contributed by atoms with Crippen molar-refractivity contribution in [1.82, 2.24) is 9.97 Å². The lowest BCUT2D eigenvalue weighted by Crippen LogP contribution is -2.08. The summed E-state index contributed by atoms with van der Waals surface area (Å²) in [6.07, 6.45) is 1.11. The normalized spacial score (nSPS) is 10.4. The molecule has 7 heteroatoms. The van der Waals surface area contributed by atoms with Gasteiger partial charge in [0.25, 0.3) is 0 Å². The van der Waals surface area contributed by atoms with E-state index in [2.05, 4.69) is 15.3 Å². The van der Waals surface area contributed by atoms with Crippen LogP contribution in [-0.2, 0) is 22.4 Å². The van der Waals surface area contributed by atoms with Crippen LogP contribution >= 0.6 is 22.7 Å². The van der Waals surface area contributed by atoms with Crippen molar-refractivity contribution in [3.05, 3.63) is 27.7 Å². The molecule has 2 heterocycles. The second-order valence-corrected chi connectivity index (χ2v) is 5.36. The standard InChI is InChI=1S/C12H15N3O2S2/c1-2-17-11(16)5-10-7-19-12(15-10)13-4-3-9-6-18-8-14-9/h6-8H,2-5H2,1H3,(H,13,15). The summed E-state index contributed by atoms with van der Waals surface area (Å²) in [6, 6.07) is 0. The van der Waals surface area contributed by atoms with Gasteiger partial charge in [-0.3, -0.25) is 4.79 Å². The van der Waals surface area contributed by atoms with Gasteiger partial charge in [-0.15, -0.1) is 22.7 Å². The minimum absolute atomic E-state index is 0.234. The first-order chi connectivity index (χ1) is 9.28. The largest absolute Gasteiger partial charge is 0.466 e.